The van der Waals surface area contributed by atoms with Crippen molar-refractivity contribution in [1.82, 2.24) is 15.0 Å². The smallest absolute Gasteiger partial charge is 0.324 e. The number of hydrogen-bond acceptors (Lipinski definition) is 7. The van der Waals surface area contributed by atoms with E-state index in [0.29, 0.717) is 37.1 Å². The van der Waals surface area contributed by atoms with Crippen LogP contribution in [0.3, 0.4) is 0 Å². The number of hydrogen-bond donors (Lipinski definition) is 1. The van der Waals surface area contributed by atoms with E-state index in [-0.39, 0.29) is 0 Å². The Hall–Kier alpha value is -1.63. The summed E-state index contributed by atoms with van der Waals surface area (Å²) < 4.78 is 16.3. The average molecular weight is 282 g/mol. The summed E-state index contributed by atoms with van der Waals surface area (Å²) in [5.74, 6) is 0.978. The Balaban J connectivity index is 1.97. The minimum absolute atomic E-state index is 0.292. The zero-order chi connectivity index (χ0) is 14.2. The fourth-order valence-corrected chi connectivity index (χ4v) is 1.94. The lowest BCUT2D eigenvalue weighted by atomic mass is 10.0. The Morgan fingerprint density at radius 1 is 1.10 bits per heavy atom. The van der Waals surface area contributed by atoms with Crippen LogP contribution in [0, 0.1) is 5.92 Å². The third kappa shape index (κ3) is 4.48. The summed E-state index contributed by atoms with van der Waals surface area (Å²) in [5.41, 5.74) is 0. The maximum absolute atomic E-state index is 5.68. The van der Waals surface area contributed by atoms with Gasteiger partial charge in [0, 0.05) is 19.8 Å². The molecule has 0 saturated carbocycles. The van der Waals surface area contributed by atoms with Crippen molar-refractivity contribution in [3.05, 3.63) is 0 Å². The molecule has 7 heteroatoms. The Morgan fingerprint density at radius 2 is 1.80 bits per heavy atom. The van der Waals surface area contributed by atoms with Gasteiger partial charge in [-0.1, -0.05) is 0 Å². The van der Waals surface area contributed by atoms with Gasteiger partial charge < -0.3 is 19.5 Å². The van der Waals surface area contributed by atoms with Gasteiger partial charge in [-0.25, -0.2) is 0 Å². The molecule has 0 aromatic carbocycles. The third-order valence-corrected chi connectivity index (χ3v) is 2.99. The van der Waals surface area contributed by atoms with Crippen LogP contribution in [-0.2, 0) is 4.74 Å². The van der Waals surface area contributed by atoms with Crippen LogP contribution in [0.2, 0.25) is 0 Å². The number of nitrogens with one attached hydrogen (secondary N) is 1. The molecule has 0 bridgehead atoms. The number of anilines is 1. The van der Waals surface area contributed by atoms with E-state index < -0.39 is 0 Å². The van der Waals surface area contributed by atoms with Crippen LogP contribution < -0.4 is 14.8 Å². The first-order chi connectivity index (χ1) is 9.81. The normalized spacial score (nSPS) is 15.9. The van der Waals surface area contributed by atoms with Gasteiger partial charge in [0.25, 0.3) is 0 Å². The van der Waals surface area contributed by atoms with Gasteiger partial charge in [0.2, 0.25) is 5.95 Å². The van der Waals surface area contributed by atoms with E-state index >= 15 is 0 Å². The lowest BCUT2D eigenvalue weighted by Crippen LogP contribution is -2.22. The van der Waals surface area contributed by atoms with Crippen molar-refractivity contribution in [1.29, 1.82) is 0 Å². The van der Waals surface area contributed by atoms with E-state index in [1.54, 1.807) is 0 Å². The van der Waals surface area contributed by atoms with Crippen LogP contribution >= 0.6 is 0 Å². The summed E-state index contributed by atoms with van der Waals surface area (Å²) in [6, 6.07) is 0.603. The molecule has 0 spiro atoms. The van der Waals surface area contributed by atoms with Crippen molar-refractivity contribution in [3.63, 3.8) is 0 Å². The largest absolute Gasteiger partial charge is 0.464 e. The van der Waals surface area contributed by atoms with Gasteiger partial charge in [0.05, 0.1) is 13.2 Å². The molecule has 7 nitrogen and oxygen atoms in total. The molecule has 0 radical (unpaired) electrons. The van der Waals surface area contributed by atoms with Crippen LogP contribution in [0.15, 0.2) is 0 Å². The molecule has 1 aromatic rings. The topological polar surface area (TPSA) is 78.4 Å². The van der Waals surface area contributed by atoms with Gasteiger partial charge in [0.15, 0.2) is 0 Å². The summed E-state index contributed by atoms with van der Waals surface area (Å²) in [4.78, 5) is 12.5. The Morgan fingerprint density at radius 3 is 2.45 bits per heavy atom. The highest BCUT2D eigenvalue weighted by molar-refractivity contribution is 5.27. The van der Waals surface area contributed by atoms with Gasteiger partial charge in [0.1, 0.15) is 0 Å². The fraction of sp³-hybridized carbons (Fsp3) is 0.769. The number of nitrogens with zero attached hydrogens (tertiary/aromatic N) is 3. The first-order valence-electron chi connectivity index (χ1n) is 7.15. The highest BCUT2D eigenvalue weighted by Gasteiger charge is 2.16. The van der Waals surface area contributed by atoms with E-state index in [9.17, 15) is 0 Å². The quantitative estimate of drug-likeness (QED) is 0.812. The molecule has 0 aliphatic carbocycles. The summed E-state index contributed by atoms with van der Waals surface area (Å²) >= 11 is 0. The highest BCUT2D eigenvalue weighted by Crippen LogP contribution is 2.18. The van der Waals surface area contributed by atoms with E-state index in [1.165, 1.54) is 0 Å². The molecule has 112 valence electrons. The first-order valence-corrected chi connectivity index (χ1v) is 7.15. The van der Waals surface area contributed by atoms with E-state index in [1.807, 2.05) is 13.8 Å². The van der Waals surface area contributed by atoms with E-state index in [0.717, 1.165) is 32.6 Å². The minimum Gasteiger partial charge on any atom is -0.464 e. The monoisotopic (exact) mass is 282 g/mol. The molecule has 1 N–H and O–H groups in total. The SMILES string of the molecule is CCNc1nc(OCC)nc(OCC2CCOCC2)n1. The van der Waals surface area contributed by atoms with Crippen LogP contribution in [-0.4, -0.2) is 47.9 Å². The van der Waals surface area contributed by atoms with Crippen LogP contribution in [0.25, 0.3) is 0 Å². The van der Waals surface area contributed by atoms with Crippen molar-refractivity contribution in [2.24, 2.45) is 5.92 Å². The second-order valence-corrected chi connectivity index (χ2v) is 4.55. The van der Waals surface area contributed by atoms with Gasteiger partial charge >= 0.3 is 12.0 Å². The molecule has 0 unspecified atom stereocenters. The van der Waals surface area contributed by atoms with Gasteiger partial charge in [-0.2, -0.15) is 9.97 Å². The Labute approximate surface area is 119 Å². The summed E-state index contributed by atoms with van der Waals surface area (Å²) in [6.45, 7) is 7.32. The van der Waals surface area contributed by atoms with Gasteiger partial charge in [-0.3, -0.25) is 0 Å². The molecule has 1 saturated heterocycles. The minimum atomic E-state index is 0.292. The number of ether oxygens (including phenoxy) is 3. The number of rotatable bonds is 7. The second kappa shape index (κ2) is 7.84. The lowest BCUT2D eigenvalue weighted by molar-refractivity contribution is 0.0480. The summed E-state index contributed by atoms with van der Waals surface area (Å²) in [5, 5.41) is 3.04. The molecular weight excluding hydrogens is 260 g/mol. The molecule has 1 aliphatic heterocycles. The van der Waals surface area contributed by atoms with Crippen molar-refractivity contribution in [2.75, 3.05) is 38.3 Å². The predicted octanol–water partition coefficient (Wildman–Crippen LogP) is 1.51. The van der Waals surface area contributed by atoms with E-state index in [4.69, 9.17) is 14.2 Å². The van der Waals surface area contributed by atoms with Crippen LogP contribution in [0.4, 0.5) is 5.95 Å². The van der Waals surface area contributed by atoms with E-state index in [2.05, 4.69) is 20.3 Å². The standard InChI is InChI=1S/C13H22N4O3/c1-3-14-11-15-12(19-4-2)17-13(16-11)20-9-10-5-7-18-8-6-10/h10H,3-9H2,1-2H3,(H,14,15,16,17). The molecule has 20 heavy (non-hydrogen) atoms. The van der Waals surface area contributed by atoms with Gasteiger partial charge in [-0.05, 0) is 32.6 Å². The first kappa shape index (κ1) is 14.8. The van der Waals surface area contributed by atoms with Gasteiger partial charge in [-0.15, -0.1) is 4.98 Å². The fourth-order valence-electron chi connectivity index (χ4n) is 1.94. The third-order valence-electron chi connectivity index (χ3n) is 2.99. The molecular formula is C13H22N4O3. The van der Waals surface area contributed by atoms with Crippen LogP contribution in [0.5, 0.6) is 12.0 Å². The zero-order valence-electron chi connectivity index (χ0n) is 12.1. The summed E-state index contributed by atoms with van der Waals surface area (Å²) in [6.07, 6.45) is 2.03. The molecule has 2 heterocycles. The Bertz CT molecular complexity index is 386. The molecule has 1 fully saturated rings. The predicted molar refractivity (Wildman–Crippen MR) is 74.2 cm³/mol. The molecule has 2 rings (SSSR count). The Kier molecular flexibility index (Phi) is 5.79. The zero-order valence-corrected chi connectivity index (χ0v) is 12.1. The molecule has 1 aromatic heterocycles. The second-order valence-electron chi connectivity index (χ2n) is 4.55. The van der Waals surface area contributed by atoms with Crippen molar-refractivity contribution in [3.8, 4) is 12.0 Å². The van der Waals surface area contributed by atoms with Crippen molar-refractivity contribution < 1.29 is 14.2 Å². The molecule has 1 aliphatic rings. The number of aromatic nitrogens is 3. The maximum Gasteiger partial charge on any atom is 0.324 e. The van der Waals surface area contributed by atoms with Crippen molar-refractivity contribution in [2.45, 2.75) is 26.7 Å². The van der Waals surface area contributed by atoms with Crippen LogP contribution in [0.1, 0.15) is 26.7 Å². The average Bonchev–Trinajstić information content (AvgIpc) is 2.47. The lowest BCUT2D eigenvalue weighted by Gasteiger charge is -2.21. The highest BCUT2D eigenvalue weighted by atomic mass is 16.5. The molecule has 0 atom stereocenters. The summed E-state index contributed by atoms with van der Waals surface area (Å²) in [7, 11) is 0. The molecule has 0 amide bonds. The van der Waals surface area contributed by atoms with Crippen molar-refractivity contribution >= 4 is 5.95 Å². The maximum atomic E-state index is 5.68.